The fourth-order valence-corrected chi connectivity index (χ4v) is 3.04. The van der Waals surface area contributed by atoms with E-state index in [4.69, 9.17) is 4.74 Å². The highest BCUT2D eigenvalue weighted by atomic mass is 16.5. The zero-order valence-electron chi connectivity index (χ0n) is 11.8. The van der Waals surface area contributed by atoms with Crippen LogP contribution in [-0.4, -0.2) is 38.3 Å². The molecule has 4 heteroatoms. The minimum absolute atomic E-state index is 0.0946. The SMILES string of the molecule is O=C(CN1CCCc2ccccc21)NCC1CCCO1. The number of carbonyl (C=O) groups is 1. The highest BCUT2D eigenvalue weighted by Gasteiger charge is 2.20. The number of fused-ring (bicyclic) bond motifs is 1. The molecule has 4 nitrogen and oxygen atoms in total. The Morgan fingerprint density at radius 3 is 3.10 bits per heavy atom. The van der Waals surface area contributed by atoms with Crippen LogP contribution in [0.1, 0.15) is 24.8 Å². The Morgan fingerprint density at radius 1 is 1.35 bits per heavy atom. The van der Waals surface area contributed by atoms with Crippen LogP contribution in [0.25, 0.3) is 0 Å². The summed E-state index contributed by atoms with van der Waals surface area (Å²) in [6.07, 6.45) is 4.63. The van der Waals surface area contributed by atoms with Crippen molar-refractivity contribution in [3.05, 3.63) is 29.8 Å². The summed E-state index contributed by atoms with van der Waals surface area (Å²) in [4.78, 5) is 14.3. The van der Waals surface area contributed by atoms with Gasteiger partial charge in [0.25, 0.3) is 0 Å². The largest absolute Gasteiger partial charge is 0.376 e. The van der Waals surface area contributed by atoms with Crippen LogP contribution in [-0.2, 0) is 16.0 Å². The zero-order valence-corrected chi connectivity index (χ0v) is 11.8. The number of nitrogens with one attached hydrogen (secondary N) is 1. The third kappa shape index (κ3) is 3.12. The molecule has 3 rings (SSSR count). The van der Waals surface area contributed by atoms with E-state index in [2.05, 4.69) is 28.4 Å². The van der Waals surface area contributed by atoms with Crippen molar-refractivity contribution in [3.8, 4) is 0 Å². The minimum atomic E-state index is 0.0946. The average molecular weight is 274 g/mol. The molecule has 1 fully saturated rings. The van der Waals surface area contributed by atoms with Crippen LogP contribution in [0.3, 0.4) is 0 Å². The van der Waals surface area contributed by atoms with Crippen molar-refractivity contribution >= 4 is 11.6 Å². The van der Waals surface area contributed by atoms with E-state index in [0.29, 0.717) is 13.1 Å². The number of nitrogens with zero attached hydrogens (tertiary/aromatic N) is 1. The molecule has 1 unspecified atom stereocenters. The standard InChI is InChI=1S/C16H22N2O2/c19-16(17-11-14-7-4-10-20-14)12-18-9-3-6-13-5-1-2-8-15(13)18/h1-2,5,8,14H,3-4,6-7,9-12H2,(H,17,19). The van der Waals surface area contributed by atoms with Crippen LogP contribution >= 0.6 is 0 Å². The van der Waals surface area contributed by atoms with E-state index in [1.807, 2.05) is 6.07 Å². The molecule has 2 aliphatic heterocycles. The van der Waals surface area contributed by atoms with Crippen LogP contribution in [0.2, 0.25) is 0 Å². The first kappa shape index (κ1) is 13.4. The van der Waals surface area contributed by atoms with Gasteiger partial charge in [0.1, 0.15) is 0 Å². The maximum Gasteiger partial charge on any atom is 0.239 e. The second-order valence-electron chi connectivity index (χ2n) is 5.59. The van der Waals surface area contributed by atoms with Gasteiger partial charge in [0.05, 0.1) is 12.6 Å². The number of ether oxygens (including phenoxy) is 1. The topological polar surface area (TPSA) is 41.6 Å². The Hall–Kier alpha value is -1.55. The Balaban J connectivity index is 1.54. The summed E-state index contributed by atoms with van der Waals surface area (Å²) in [7, 11) is 0. The van der Waals surface area contributed by atoms with Crippen molar-refractivity contribution in [2.45, 2.75) is 31.8 Å². The van der Waals surface area contributed by atoms with Crippen molar-refractivity contribution in [2.24, 2.45) is 0 Å². The van der Waals surface area contributed by atoms with Crippen LogP contribution in [0.15, 0.2) is 24.3 Å². The molecule has 20 heavy (non-hydrogen) atoms. The monoisotopic (exact) mass is 274 g/mol. The highest BCUT2D eigenvalue weighted by Crippen LogP contribution is 2.26. The molecule has 1 amide bonds. The number of hydrogen-bond donors (Lipinski definition) is 1. The van der Waals surface area contributed by atoms with Crippen LogP contribution in [0.4, 0.5) is 5.69 Å². The number of amides is 1. The first-order chi connectivity index (χ1) is 9.83. The van der Waals surface area contributed by atoms with Crippen molar-refractivity contribution in [2.75, 3.05) is 31.1 Å². The Kier molecular flexibility index (Phi) is 4.21. The third-order valence-electron chi connectivity index (χ3n) is 4.09. The van der Waals surface area contributed by atoms with E-state index in [-0.39, 0.29) is 12.0 Å². The van der Waals surface area contributed by atoms with Crippen LogP contribution in [0.5, 0.6) is 0 Å². The van der Waals surface area contributed by atoms with E-state index in [9.17, 15) is 4.79 Å². The van der Waals surface area contributed by atoms with E-state index < -0.39 is 0 Å². The molecule has 1 aromatic carbocycles. The zero-order chi connectivity index (χ0) is 13.8. The molecule has 2 aliphatic rings. The van der Waals surface area contributed by atoms with Crippen molar-refractivity contribution < 1.29 is 9.53 Å². The number of anilines is 1. The molecule has 1 N–H and O–H groups in total. The molecule has 0 radical (unpaired) electrons. The third-order valence-corrected chi connectivity index (χ3v) is 4.09. The van der Waals surface area contributed by atoms with Gasteiger partial charge >= 0.3 is 0 Å². The van der Waals surface area contributed by atoms with Gasteiger partial charge in [0.15, 0.2) is 0 Å². The molecule has 0 aliphatic carbocycles. The predicted octanol–water partition coefficient (Wildman–Crippen LogP) is 1.73. The van der Waals surface area contributed by atoms with Crippen molar-refractivity contribution in [1.82, 2.24) is 5.32 Å². The molecule has 108 valence electrons. The van der Waals surface area contributed by atoms with E-state index in [0.717, 1.165) is 38.8 Å². The van der Waals surface area contributed by atoms with Gasteiger partial charge in [-0.2, -0.15) is 0 Å². The second-order valence-corrected chi connectivity index (χ2v) is 5.59. The van der Waals surface area contributed by atoms with Gasteiger partial charge in [-0.15, -0.1) is 0 Å². The minimum Gasteiger partial charge on any atom is -0.376 e. The molecule has 1 aromatic rings. The van der Waals surface area contributed by atoms with Gasteiger partial charge in [-0.05, 0) is 37.3 Å². The van der Waals surface area contributed by atoms with E-state index >= 15 is 0 Å². The molecule has 2 heterocycles. The molecule has 0 spiro atoms. The number of aryl methyl sites for hydroxylation is 1. The summed E-state index contributed by atoms with van der Waals surface area (Å²) in [6.45, 7) is 2.89. The number of benzene rings is 1. The van der Waals surface area contributed by atoms with E-state index in [1.54, 1.807) is 0 Å². The Morgan fingerprint density at radius 2 is 2.25 bits per heavy atom. The molecule has 0 aromatic heterocycles. The van der Waals surface area contributed by atoms with Crippen molar-refractivity contribution in [3.63, 3.8) is 0 Å². The summed E-state index contributed by atoms with van der Waals surface area (Å²) >= 11 is 0. The molecule has 1 atom stereocenters. The van der Waals surface area contributed by atoms with Gasteiger partial charge in [-0.1, -0.05) is 18.2 Å². The molecular formula is C16H22N2O2. The number of rotatable bonds is 4. The van der Waals surface area contributed by atoms with Gasteiger partial charge in [0.2, 0.25) is 5.91 Å². The second kappa shape index (κ2) is 6.27. The van der Waals surface area contributed by atoms with Crippen LogP contribution < -0.4 is 10.2 Å². The lowest BCUT2D eigenvalue weighted by atomic mass is 10.0. The fraction of sp³-hybridized carbons (Fsp3) is 0.562. The maximum absolute atomic E-state index is 12.1. The molecule has 0 bridgehead atoms. The van der Waals surface area contributed by atoms with Crippen LogP contribution in [0, 0.1) is 0 Å². The first-order valence-electron chi connectivity index (χ1n) is 7.54. The lowest BCUT2D eigenvalue weighted by Crippen LogP contribution is -2.42. The summed E-state index contributed by atoms with van der Waals surface area (Å²) < 4.78 is 5.52. The molecule has 1 saturated heterocycles. The highest BCUT2D eigenvalue weighted by molar-refractivity contribution is 5.81. The smallest absolute Gasteiger partial charge is 0.239 e. The van der Waals surface area contributed by atoms with Gasteiger partial charge < -0.3 is 15.0 Å². The number of hydrogen-bond acceptors (Lipinski definition) is 3. The van der Waals surface area contributed by atoms with Crippen molar-refractivity contribution in [1.29, 1.82) is 0 Å². The summed E-state index contributed by atoms with van der Waals surface area (Å²) in [5, 5.41) is 3.00. The number of carbonyl (C=O) groups excluding carboxylic acids is 1. The lowest BCUT2D eigenvalue weighted by Gasteiger charge is -2.30. The maximum atomic E-state index is 12.1. The predicted molar refractivity (Wildman–Crippen MR) is 79.0 cm³/mol. The lowest BCUT2D eigenvalue weighted by molar-refractivity contribution is -0.120. The molecular weight excluding hydrogens is 252 g/mol. The quantitative estimate of drug-likeness (QED) is 0.909. The average Bonchev–Trinajstić information content (AvgIpc) is 2.99. The molecule has 0 saturated carbocycles. The summed E-state index contributed by atoms with van der Waals surface area (Å²) in [5.41, 5.74) is 2.57. The van der Waals surface area contributed by atoms with E-state index in [1.165, 1.54) is 11.3 Å². The first-order valence-corrected chi connectivity index (χ1v) is 7.54. The summed E-state index contributed by atoms with van der Waals surface area (Å²) in [5.74, 6) is 0.0946. The summed E-state index contributed by atoms with van der Waals surface area (Å²) in [6, 6.07) is 8.38. The van der Waals surface area contributed by atoms with Gasteiger partial charge in [-0.25, -0.2) is 0 Å². The Bertz CT molecular complexity index is 469. The number of para-hydroxylation sites is 1. The van der Waals surface area contributed by atoms with Gasteiger partial charge in [-0.3, -0.25) is 4.79 Å². The normalized spacial score (nSPS) is 21.6. The Labute approximate surface area is 120 Å². The van der Waals surface area contributed by atoms with Gasteiger partial charge in [0, 0.05) is 25.4 Å². The fourth-order valence-electron chi connectivity index (χ4n) is 3.04.